The smallest absolute Gasteiger partial charge is 0.220 e. The quantitative estimate of drug-likeness (QED) is 0.514. The van der Waals surface area contributed by atoms with Crippen molar-refractivity contribution in [2.24, 2.45) is 0 Å². The fraction of sp³-hybridized carbons (Fsp3) is 0.350. The van der Waals surface area contributed by atoms with Crippen LogP contribution in [-0.4, -0.2) is 36.7 Å². The topological polar surface area (TPSA) is 32.3 Å². The van der Waals surface area contributed by atoms with Crippen molar-refractivity contribution in [1.82, 2.24) is 10.2 Å². The molecule has 0 aliphatic rings. The summed E-state index contributed by atoms with van der Waals surface area (Å²) < 4.78 is 12.8. The highest BCUT2D eigenvalue weighted by Crippen LogP contribution is 2.18. The van der Waals surface area contributed by atoms with Crippen LogP contribution in [0.1, 0.15) is 18.4 Å². The van der Waals surface area contributed by atoms with Crippen LogP contribution in [0, 0.1) is 5.82 Å². The van der Waals surface area contributed by atoms with Gasteiger partial charge in [0.1, 0.15) is 5.82 Å². The Balaban J connectivity index is 1.52. The molecule has 0 heterocycles. The Hall–Kier alpha value is -1.85. The number of hydrogen-bond donors (Lipinski definition) is 1. The van der Waals surface area contributed by atoms with Crippen LogP contribution in [0.5, 0.6) is 0 Å². The summed E-state index contributed by atoms with van der Waals surface area (Å²) in [6.45, 7) is 2.56. The van der Waals surface area contributed by atoms with Gasteiger partial charge < -0.3 is 10.2 Å². The molecule has 0 bridgehead atoms. The second kappa shape index (κ2) is 10.9. The highest BCUT2D eigenvalue weighted by molar-refractivity contribution is 7.99. The molecule has 0 saturated carbocycles. The Labute approximate surface area is 153 Å². The molecule has 0 aromatic heterocycles. The lowest BCUT2D eigenvalue weighted by atomic mass is 10.2. The Morgan fingerprint density at radius 2 is 1.84 bits per heavy atom. The molecule has 0 saturated heterocycles. The summed E-state index contributed by atoms with van der Waals surface area (Å²) in [6, 6.07) is 16.7. The molecular formula is C20H25FN2OS. The highest BCUT2D eigenvalue weighted by Gasteiger charge is 2.03. The largest absolute Gasteiger partial charge is 0.356 e. The third-order valence-electron chi connectivity index (χ3n) is 3.75. The first kappa shape index (κ1) is 19.5. The minimum Gasteiger partial charge on any atom is -0.356 e. The van der Waals surface area contributed by atoms with E-state index in [9.17, 15) is 9.18 Å². The molecule has 2 aromatic carbocycles. The summed E-state index contributed by atoms with van der Waals surface area (Å²) in [5, 5.41) is 2.96. The van der Waals surface area contributed by atoms with Gasteiger partial charge in [0.2, 0.25) is 5.91 Å². The average molecular weight is 360 g/mol. The molecule has 0 aliphatic carbocycles. The number of halogens is 1. The monoisotopic (exact) mass is 360 g/mol. The van der Waals surface area contributed by atoms with Crippen molar-refractivity contribution in [2.45, 2.75) is 24.3 Å². The van der Waals surface area contributed by atoms with Crippen LogP contribution in [-0.2, 0) is 11.3 Å². The SMILES string of the molecule is CN(CCCNC(=O)CCSc1ccc(F)cc1)Cc1ccccc1. The van der Waals surface area contributed by atoms with E-state index in [4.69, 9.17) is 0 Å². The van der Waals surface area contributed by atoms with Crippen LogP contribution in [0.2, 0.25) is 0 Å². The molecule has 0 spiro atoms. The number of nitrogens with one attached hydrogen (secondary N) is 1. The number of nitrogens with zero attached hydrogens (tertiary/aromatic N) is 1. The van der Waals surface area contributed by atoms with E-state index in [2.05, 4.69) is 29.4 Å². The fourth-order valence-electron chi connectivity index (χ4n) is 2.43. The zero-order valence-corrected chi connectivity index (χ0v) is 15.4. The van der Waals surface area contributed by atoms with Crippen LogP contribution in [0.3, 0.4) is 0 Å². The van der Waals surface area contributed by atoms with Crippen molar-refractivity contribution in [3.63, 3.8) is 0 Å². The maximum Gasteiger partial charge on any atom is 0.220 e. The van der Waals surface area contributed by atoms with Gasteiger partial charge in [-0.3, -0.25) is 4.79 Å². The van der Waals surface area contributed by atoms with Crippen LogP contribution in [0.25, 0.3) is 0 Å². The van der Waals surface area contributed by atoms with Crippen molar-refractivity contribution < 1.29 is 9.18 Å². The standard InChI is InChI=1S/C20H25FN2OS/c1-23(16-17-6-3-2-4-7-17)14-5-13-22-20(24)12-15-25-19-10-8-18(21)9-11-19/h2-4,6-11H,5,12-16H2,1H3,(H,22,24). The minimum absolute atomic E-state index is 0.0697. The first-order valence-corrected chi connectivity index (χ1v) is 9.49. The number of amides is 1. The van der Waals surface area contributed by atoms with Gasteiger partial charge in [0, 0.05) is 30.2 Å². The van der Waals surface area contributed by atoms with Gasteiger partial charge in [0.15, 0.2) is 0 Å². The van der Waals surface area contributed by atoms with E-state index in [1.54, 1.807) is 23.9 Å². The van der Waals surface area contributed by atoms with Crippen LogP contribution in [0.15, 0.2) is 59.5 Å². The molecule has 0 radical (unpaired) electrons. The first-order valence-electron chi connectivity index (χ1n) is 8.51. The normalized spacial score (nSPS) is 10.8. The van der Waals surface area contributed by atoms with E-state index < -0.39 is 0 Å². The van der Waals surface area contributed by atoms with E-state index >= 15 is 0 Å². The Kier molecular flexibility index (Phi) is 8.49. The molecule has 25 heavy (non-hydrogen) atoms. The molecular weight excluding hydrogens is 335 g/mol. The summed E-state index contributed by atoms with van der Waals surface area (Å²) in [6.07, 6.45) is 1.40. The zero-order valence-electron chi connectivity index (χ0n) is 14.6. The Morgan fingerprint density at radius 1 is 1.12 bits per heavy atom. The Bertz CT molecular complexity index is 634. The number of carbonyl (C=O) groups is 1. The molecule has 2 aromatic rings. The fourth-order valence-corrected chi connectivity index (χ4v) is 3.28. The van der Waals surface area contributed by atoms with Crippen molar-refractivity contribution >= 4 is 17.7 Å². The summed E-state index contributed by atoms with van der Waals surface area (Å²) in [5.41, 5.74) is 1.30. The van der Waals surface area contributed by atoms with Crippen molar-refractivity contribution in [3.05, 3.63) is 66.0 Å². The van der Waals surface area contributed by atoms with Crippen LogP contribution >= 0.6 is 11.8 Å². The van der Waals surface area contributed by atoms with Gasteiger partial charge in [-0.15, -0.1) is 11.8 Å². The maximum absolute atomic E-state index is 12.8. The predicted molar refractivity (Wildman–Crippen MR) is 102 cm³/mol. The molecule has 0 unspecified atom stereocenters. The van der Waals surface area contributed by atoms with Gasteiger partial charge in [-0.1, -0.05) is 30.3 Å². The number of thioether (sulfide) groups is 1. The van der Waals surface area contributed by atoms with Gasteiger partial charge in [-0.05, 0) is 49.8 Å². The number of benzene rings is 2. The molecule has 1 N–H and O–H groups in total. The Morgan fingerprint density at radius 3 is 2.56 bits per heavy atom. The van der Waals surface area contributed by atoms with E-state index in [1.807, 2.05) is 18.2 Å². The summed E-state index contributed by atoms with van der Waals surface area (Å²) in [4.78, 5) is 15.1. The minimum atomic E-state index is -0.237. The van der Waals surface area contributed by atoms with E-state index in [1.165, 1.54) is 17.7 Å². The molecule has 1 amide bonds. The van der Waals surface area contributed by atoms with Crippen molar-refractivity contribution in [3.8, 4) is 0 Å². The van der Waals surface area contributed by atoms with Crippen LogP contribution in [0.4, 0.5) is 4.39 Å². The number of rotatable bonds is 10. The maximum atomic E-state index is 12.8. The molecule has 5 heteroatoms. The third kappa shape index (κ3) is 8.18. The summed E-state index contributed by atoms with van der Waals surface area (Å²) in [5.74, 6) is 0.533. The summed E-state index contributed by atoms with van der Waals surface area (Å²) >= 11 is 1.57. The molecule has 0 fully saturated rings. The van der Waals surface area contributed by atoms with Crippen LogP contribution < -0.4 is 5.32 Å². The number of hydrogen-bond acceptors (Lipinski definition) is 3. The predicted octanol–water partition coefficient (Wildman–Crippen LogP) is 3.95. The second-order valence-corrected chi connectivity index (χ2v) is 7.15. The van der Waals surface area contributed by atoms with E-state index in [-0.39, 0.29) is 11.7 Å². The van der Waals surface area contributed by atoms with Crippen molar-refractivity contribution in [1.29, 1.82) is 0 Å². The van der Waals surface area contributed by atoms with Crippen molar-refractivity contribution in [2.75, 3.05) is 25.9 Å². The zero-order chi connectivity index (χ0) is 17.9. The second-order valence-electron chi connectivity index (χ2n) is 5.98. The number of carbonyl (C=O) groups excluding carboxylic acids is 1. The van der Waals surface area contributed by atoms with Gasteiger partial charge in [0.25, 0.3) is 0 Å². The lowest BCUT2D eigenvalue weighted by Gasteiger charge is -2.16. The lowest BCUT2D eigenvalue weighted by molar-refractivity contribution is -0.120. The summed E-state index contributed by atoms with van der Waals surface area (Å²) in [7, 11) is 2.09. The molecule has 2 rings (SSSR count). The van der Waals surface area contributed by atoms with Gasteiger partial charge in [-0.25, -0.2) is 4.39 Å². The average Bonchev–Trinajstić information content (AvgIpc) is 2.61. The molecule has 0 aliphatic heterocycles. The van der Waals surface area contributed by atoms with Gasteiger partial charge in [-0.2, -0.15) is 0 Å². The molecule has 0 atom stereocenters. The molecule has 3 nitrogen and oxygen atoms in total. The van der Waals surface area contributed by atoms with Gasteiger partial charge in [0.05, 0.1) is 0 Å². The van der Waals surface area contributed by atoms with E-state index in [0.717, 1.165) is 24.4 Å². The first-order chi connectivity index (χ1) is 12.1. The lowest BCUT2D eigenvalue weighted by Crippen LogP contribution is -2.28. The van der Waals surface area contributed by atoms with Gasteiger partial charge >= 0.3 is 0 Å². The highest BCUT2D eigenvalue weighted by atomic mass is 32.2. The molecule has 134 valence electrons. The van der Waals surface area contributed by atoms with E-state index in [0.29, 0.717) is 18.7 Å². The third-order valence-corrected chi connectivity index (χ3v) is 4.76.